The molecule has 0 unspecified atom stereocenters. The molecule has 0 spiro atoms. The van der Waals surface area contributed by atoms with Gasteiger partial charge in [-0.15, -0.1) is 0 Å². The number of amides is 3. The highest BCUT2D eigenvalue weighted by molar-refractivity contribution is 6.00. The van der Waals surface area contributed by atoms with Crippen molar-refractivity contribution in [3.05, 3.63) is 102 Å². The lowest BCUT2D eigenvalue weighted by atomic mass is 10.1. The highest BCUT2D eigenvalue weighted by Crippen LogP contribution is 2.22. The third-order valence-electron chi connectivity index (χ3n) is 6.30. The molecule has 1 aliphatic rings. The topological polar surface area (TPSA) is 88.5 Å². The highest BCUT2D eigenvalue weighted by atomic mass is 16.2. The summed E-state index contributed by atoms with van der Waals surface area (Å²) in [6.07, 6.45) is 0. The molecule has 0 radical (unpaired) electrons. The van der Waals surface area contributed by atoms with Crippen molar-refractivity contribution in [3.63, 3.8) is 0 Å². The van der Waals surface area contributed by atoms with E-state index in [2.05, 4.69) is 21.6 Å². The van der Waals surface area contributed by atoms with E-state index in [1.165, 1.54) is 0 Å². The highest BCUT2D eigenvalue weighted by Gasteiger charge is 2.22. The third-order valence-corrected chi connectivity index (χ3v) is 6.30. The Hall–Kier alpha value is -4.83. The van der Waals surface area contributed by atoms with Crippen molar-refractivity contribution in [1.29, 1.82) is 5.26 Å². The first-order valence-electron chi connectivity index (χ1n) is 11.8. The van der Waals surface area contributed by atoms with Crippen LogP contribution in [-0.4, -0.2) is 43.0 Å². The summed E-state index contributed by atoms with van der Waals surface area (Å²) in [6, 6.07) is 30.0. The van der Waals surface area contributed by atoms with E-state index in [4.69, 9.17) is 5.26 Å². The zero-order chi connectivity index (χ0) is 24.9. The number of fused-ring (bicyclic) bond motifs is 1. The summed E-state index contributed by atoms with van der Waals surface area (Å²) in [5, 5.41) is 16.7. The van der Waals surface area contributed by atoms with Crippen molar-refractivity contribution in [2.75, 3.05) is 41.7 Å². The summed E-state index contributed by atoms with van der Waals surface area (Å²) >= 11 is 0. The van der Waals surface area contributed by atoms with Gasteiger partial charge in [0.05, 0.1) is 11.6 Å². The average Bonchev–Trinajstić information content (AvgIpc) is 2.93. The van der Waals surface area contributed by atoms with Gasteiger partial charge in [0.15, 0.2) is 0 Å². The van der Waals surface area contributed by atoms with E-state index in [9.17, 15) is 9.59 Å². The fourth-order valence-corrected chi connectivity index (χ4v) is 4.39. The van der Waals surface area contributed by atoms with Crippen molar-refractivity contribution in [3.8, 4) is 6.07 Å². The van der Waals surface area contributed by atoms with Crippen LogP contribution in [0.4, 0.5) is 21.9 Å². The standard InChI is InChI=1S/C29H25N5O2/c30-20-21-4-3-7-26(18-21)32-29(36)31-25-10-12-27(13-11-25)33-14-16-34(17-15-33)28(35)24-9-8-22-5-1-2-6-23(22)19-24/h1-13,18-19H,14-17H2,(H2,31,32,36). The number of nitriles is 1. The lowest BCUT2D eigenvalue weighted by Crippen LogP contribution is -2.48. The molecule has 5 rings (SSSR count). The van der Waals surface area contributed by atoms with Gasteiger partial charge in [-0.3, -0.25) is 4.79 Å². The quantitative estimate of drug-likeness (QED) is 0.418. The van der Waals surface area contributed by atoms with Crippen LogP contribution in [0.25, 0.3) is 10.8 Å². The fourth-order valence-electron chi connectivity index (χ4n) is 4.39. The maximum absolute atomic E-state index is 13.0. The molecular formula is C29H25N5O2. The molecule has 3 amide bonds. The van der Waals surface area contributed by atoms with E-state index in [0.717, 1.165) is 35.1 Å². The number of rotatable bonds is 4. The Morgan fingerprint density at radius 2 is 1.44 bits per heavy atom. The van der Waals surface area contributed by atoms with Crippen molar-refractivity contribution in [1.82, 2.24) is 4.90 Å². The summed E-state index contributed by atoms with van der Waals surface area (Å²) in [7, 11) is 0. The van der Waals surface area contributed by atoms with Gasteiger partial charge in [-0.05, 0) is 65.4 Å². The molecule has 178 valence electrons. The number of benzene rings is 4. The lowest BCUT2D eigenvalue weighted by molar-refractivity contribution is 0.0747. The molecule has 2 N–H and O–H groups in total. The number of nitrogens with zero attached hydrogens (tertiary/aromatic N) is 3. The number of nitrogens with one attached hydrogen (secondary N) is 2. The number of hydrogen-bond acceptors (Lipinski definition) is 4. The third kappa shape index (κ3) is 5.13. The van der Waals surface area contributed by atoms with E-state index in [1.54, 1.807) is 24.3 Å². The second-order valence-electron chi connectivity index (χ2n) is 8.66. The average molecular weight is 476 g/mol. The Morgan fingerprint density at radius 1 is 0.722 bits per heavy atom. The van der Waals surface area contributed by atoms with E-state index < -0.39 is 0 Å². The van der Waals surface area contributed by atoms with E-state index in [1.807, 2.05) is 71.6 Å². The molecule has 4 aromatic rings. The van der Waals surface area contributed by atoms with Gasteiger partial charge in [-0.2, -0.15) is 5.26 Å². The molecular weight excluding hydrogens is 450 g/mol. The van der Waals surface area contributed by atoms with E-state index >= 15 is 0 Å². The number of urea groups is 1. The SMILES string of the molecule is N#Cc1cccc(NC(=O)Nc2ccc(N3CCN(C(=O)c4ccc5ccccc5c4)CC3)cc2)c1. The van der Waals surface area contributed by atoms with Crippen LogP contribution in [0.15, 0.2) is 91.0 Å². The fraction of sp³-hybridized carbons (Fsp3) is 0.138. The van der Waals surface area contributed by atoms with Crippen LogP contribution in [0.2, 0.25) is 0 Å². The van der Waals surface area contributed by atoms with Gasteiger partial charge in [0.25, 0.3) is 5.91 Å². The second kappa shape index (κ2) is 10.2. The Balaban J connectivity index is 1.15. The zero-order valence-electron chi connectivity index (χ0n) is 19.6. The second-order valence-corrected chi connectivity index (χ2v) is 8.66. The minimum atomic E-state index is -0.376. The number of anilines is 3. The van der Waals surface area contributed by atoms with Gasteiger partial charge in [0.1, 0.15) is 0 Å². The number of carbonyl (C=O) groups excluding carboxylic acids is 2. The molecule has 1 heterocycles. The largest absolute Gasteiger partial charge is 0.368 e. The molecule has 1 aliphatic heterocycles. The summed E-state index contributed by atoms with van der Waals surface area (Å²) in [6.45, 7) is 2.77. The maximum Gasteiger partial charge on any atom is 0.323 e. The van der Waals surface area contributed by atoms with Gasteiger partial charge in [-0.25, -0.2) is 4.79 Å². The van der Waals surface area contributed by atoms with E-state index in [-0.39, 0.29) is 11.9 Å². The van der Waals surface area contributed by atoms with Gasteiger partial charge in [0, 0.05) is 48.8 Å². The molecule has 1 fully saturated rings. The molecule has 0 aromatic heterocycles. The molecule has 36 heavy (non-hydrogen) atoms. The summed E-state index contributed by atoms with van der Waals surface area (Å²) in [5.41, 5.74) is 3.46. The van der Waals surface area contributed by atoms with Crippen LogP contribution >= 0.6 is 0 Å². The lowest BCUT2D eigenvalue weighted by Gasteiger charge is -2.36. The van der Waals surface area contributed by atoms with Crippen molar-refractivity contribution < 1.29 is 9.59 Å². The molecule has 4 aromatic carbocycles. The van der Waals surface area contributed by atoms with Gasteiger partial charge >= 0.3 is 6.03 Å². The maximum atomic E-state index is 13.0. The monoisotopic (exact) mass is 475 g/mol. The van der Waals surface area contributed by atoms with Gasteiger partial charge in [0.2, 0.25) is 0 Å². The van der Waals surface area contributed by atoms with Crippen molar-refractivity contribution >= 4 is 39.8 Å². The molecule has 7 nitrogen and oxygen atoms in total. The summed E-state index contributed by atoms with van der Waals surface area (Å²) in [4.78, 5) is 29.5. The Bertz CT molecular complexity index is 1450. The number of hydrogen-bond donors (Lipinski definition) is 2. The summed E-state index contributed by atoms with van der Waals surface area (Å²) < 4.78 is 0. The van der Waals surface area contributed by atoms with Gasteiger partial charge in [-0.1, -0.05) is 36.4 Å². The van der Waals surface area contributed by atoms with Crippen molar-refractivity contribution in [2.45, 2.75) is 0 Å². The molecule has 0 bridgehead atoms. The minimum Gasteiger partial charge on any atom is -0.368 e. The number of carbonyl (C=O) groups is 2. The zero-order valence-corrected chi connectivity index (χ0v) is 19.6. The first-order chi connectivity index (χ1) is 17.6. The molecule has 0 aliphatic carbocycles. The summed E-state index contributed by atoms with van der Waals surface area (Å²) in [5.74, 6) is 0.0614. The van der Waals surface area contributed by atoms with Gasteiger partial charge < -0.3 is 20.4 Å². The Kier molecular flexibility index (Phi) is 6.50. The first kappa shape index (κ1) is 22.9. The first-order valence-corrected chi connectivity index (χ1v) is 11.8. The van der Waals surface area contributed by atoms with Crippen LogP contribution in [0.1, 0.15) is 15.9 Å². The Labute approximate surface area is 209 Å². The normalized spacial score (nSPS) is 13.2. The van der Waals surface area contributed by atoms with Crippen LogP contribution in [-0.2, 0) is 0 Å². The predicted molar refractivity (Wildman–Crippen MR) is 142 cm³/mol. The molecule has 0 saturated carbocycles. The van der Waals surface area contributed by atoms with Crippen LogP contribution in [0, 0.1) is 11.3 Å². The predicted octanol–water partition coefficient (Wildman–Crippen LogP) is 5.32. The van der Waals surface area contributed by atoms with E-state index in [0.29, 0.717) is 30.0 Å². The van der Waals surface area contributed by atoms with Crippen LogP contribution < -0.4 is 15.5 Å². The van der Waals surface area contributed by atoms with Crippen LogP contribution in [0.3, 0.4) is 0 Å². The molecule has 0 atom stereocenters. The smallest absolute Gasteiger partial charge is 0.323 e. The minimum absolute atomic E-state index is 0.0614. The molecule has 7 heteroatoms. The van der Waals surface area contributed by atoms with Crippen LogP contribution in [0.5, 0.6) is 0 Å². The molecule has 1 saturated heterocycles. The Morgan fingerprint density at radius 3 is 2.19 bits per heavy atom. The van der Waals surface area contributed by atoms with Crippen molar-refractivity contribution in [2.24, 2.45) is 0 Å². The number of piperazine rings is 1.